The van der Waals surface area contributed by atoms with Crippen molar-refractivity contribution in [1.82, 2.24) is 14.8 Å². The molecular formula is C15H16IN3OS. The van der Waals surface area contributed by atoms with E-state index in [0.717, 1.165) is 41.2 Å². The lowest BCUT2D eigenvalue weighted by molar-refractivity contribution is 0.0629. The van der Waals surface area contributed by atoms with Gasteiger partial charge in [0.1, 0.15) is 0 Å². The van der Waals surface area contributed by atoms with Gasteiger partial charge < -0.3 is 4.90 Å². The van der Waals surface area contributed by atoms with Crippen molar-refractivity contribution in [2.24, 2.45) is 0 Å². The van der Waals surface area contributed by atoms with Crippen LogP contribution in [-0.4, -0.2) is 46.9 Å². The van der Waals surface area contributed by atoms with Crippen LogP contribution in [0.2, 0.25) is 0 Å². The highest BCUT2D eigenvalue weighted by Gasteiger charge is 2.22. The minimum absolute atomic E-state index is 0.162. The predicted octanol–water partition coefficient (Wildman–Crippen LogP) is 2.71. The van der Waals surface area contributed by atoms with Gasteiger partial charge in [-0.25, -0.2) is 0 Å². The van der Waals surface area contributed by atoms with Crippen molar-refractivity contribution in [2.75, 3.05) is 26.2 Å². The molecule has 110 valence electrons. The number of halogens is 1. The summed E-state index contributed by atoms with van der Waals surface area (Å²) in [5.41, 5.74) is 2.05. The second kappa shape index (κ2) is 6.85. The SMILES string of the molecule is O=C(c1csc(I)c1)N1CCN(Cc2cccnc2)CC1. The molecule has 6 heteroatoms. The number of rotatable bonds is 3. The number of pyridine rings is 1. The first kappa shape index (κ1) is 14.9. The number of carbonyl (C=O) groups excluding carboxylic acids is 1. The van der Waals surface area contributed by atoms with E-state index in [4.69, 9.17) is 0 Å². The molecular weight excluding hydrogens is 397 g/mol. The van der Waals surface area contributed by atoms with E-state index in [2.05, 4.69) is 38.5 Å². The van der Waals surface area contributed by atoms with Crippen LogP contribution in [0, 0.1) is 2.88 Å². The molecule has 1 aliphatic rings. The van der Waals surface area contributed by atoms with Crippen LogP contribution in [0.4, 0.5) is 0 Å². The summed E-state index contributed by atoms with van der Waals surface area (Å²) in [4.78, 5) is 20.9. The van der Waals surface area contributed by atoms with E-state index < -0.39 is 0 Å². The van der Waals surface area contributed by atoms with Gasteiger partial charge in [0, 0.05) is 50.5 Å². The molecule has 4 nitrogen and oxygen atoms in total. The molecule has 1 aliphatic heterocycles. The maximum Gasteiger partial charge on any atom is 0.254 e. The van der Waals surface area contributed by atoms with Crippen LogP contribution in [0.5, 0.6) is 0 Å². The zero-order valence-corrected chi connectivity index (χ0v) is 14.5. The van der Waals surface area contributed by atoms with E-state index in [1.807, 2.05) is 28.6 Å². The molecule has 0 unspecified atom stereocenters. The number of carbonyl (C=O) groups is 1. The van der Waals surface area contributed by atoms with Gasteiger partial charge in [-0.1, -0.05) is 6.07 Å². The molecule has 0 saturated carbocycles. The third-order valence-corrected chi connectivity index (χ3v) is 5.39. The minimum atomic E-state index is 0.162. The molecule has 3 rings (SSSR count). The molecule has 0 spiro atoms. The monoisotopic (exact) mass is 413 g/mol. The second-order valence-electron chi connectivity index (χ2n) is 5.07. The largest absolute Gasteiger partial charge is 0.336 e. The average molecular weight is 413 g/mol. The summed E-state index contributed by atoms with van der Waals surface area (Å²) in [5, 5.41) is 1.95. The van der Waals surface area contributed by atoms with Gasteiger partial charge in [-0.3, -0.25) is 14.7 Å². The molecule has 21 heavy (non-hydrogen) atoms. The summed E-state index contributed by atoms with van der Waals surface area (Å²) in [6.07, 6.45) is 3.70. The van der Waals surface area contributed by atoms with Gasteiger partial charge in [0.25, 0.3) is 5.91 Å². The highest BCUT2D eigenvalue weighted by molar-refractivity contribution is 14.1. The molecule has 2 aromatic heterocycles. The second-order valence-corrected chi connectivity index (χ2v) is 7.87. The van der Waals surface area contributed by atoms with Gasteiger partial charge >= 0.3 is 0 Å². The number of aromatic nitrogens is 1. The Morgan fingerprint density at radius 2 is 2.14 bits per heavy atom. The Kier molecular flexibility index (Phi) is 4.87. The Hall–Kier alpha value is -0.990. The first-order chi connectivity index (χ1) is 10.2. The standard InChI is InChI=1S/C15H16IN3OS/c16-14-8-13(11-21-14)15(20)19-6-4-18(5-7-19)10-12-2-1-3-17-9-12/h1-3,8-9,11H,4-7,10H2. The molecule has 0 bridgehead atoms. The molecule has 0 N–H and O–H groups in total. The lowest BCUT2D eigenvalue weighted by atomic mass is 10.2. The van der Waals surface area contributed by atoms with E-state index in [0.29, 0.717) is 0 Å². The summed E-state index contributed by atoms with van der Waals surface area (Å²) in [6.45, 7) is 4.34. The molecule has 1 fully saturated rings. The van der Waals surface area contributed by atoms with Crippen LogP contribution in [-0.2, 0) is 6.54 Å². The first-order valence-corrected chi connectivity index (χ1v) is 8.83. The Balaban J connectivity index is 1.54. The van der Waals surface area contributed by atoms with Gasteiger partial charge in [-0.05, 0) is 40.3 Å². The summed E-state index contributed by atoms with van der Waals surface area (Å²) in [6, 6.07) is 6.03. The normalized spacial score (nSPS) is 16.1. The smallest absolute Gasteiger partial charge is 0.254 e. The van der Waals surface area contributed by atoms with Crippen LogP contribution >= 0.6 is 33.9 Å². The molecule has 1 amide bonds. The van der Waals surface area contributed by atoms with E-state index in [1.165, 1.54) is 5.56 Å². The summed E-state index contributed by atoms with van der Waals surface area (Å²) in [7, 11) is 0. The van der Waals surface area contributed by atoms with Gasteiger partial charge in [0.2, 0.25) is 0 Å². The van der Waals surface area contributed by atoms with E-state index in [9.17, 15) is 4.79 Å². The number of thiophene rings is 1. The number of piperazine rings is 1. The first-order valence-electron chi connectivity index (χ1n) is 6.87. The quantitative estimate of drug-likeness (QED) is 0.727. The molecule has 1 saturated heterocycles. The molecule has 0 aliphatic carbocycles. The number of amides is 1. The lowest BCUT2D eigenvalue weighted by Crippen LogP contribution is -2.48. The zero-order chi connectivity index (χ0) is 14.7. The van der Waals surface area contributed by atoms with Crippen LogP contribution < -0.4 is 0 Å². The van der Waals surface area contributed by atoms with Gasteiger partial charge in [-0.15, -0.1) is 11.3 Å². The fourth-order valence-corrected chi connectivity index (χ4v) is 3.78. The molecule has 0 aromatic carbocycles. The molecule has 0 atom stereocenters. The molecule has 2 aromatic rings. The molecule has 3 heterocycles. The number of nitrogens with zero attached hydrogens (tertiary/aromatic N) is 3. The number of hydrogen-bond acceptors (Lipinski definition) is 4. The van der Waals surface area contributed by atoms with Crippen LogP contribution in [0.15, 0.2) is 36.0 Å². The van der Waals surface area contributed by atoms with Crippen molar-refractivity contribution in [3.8, 4) is 0 Å². The van der Waals surface area contributed by atoms with Gasteiger partial charge in [0.15, 0.2) is 0 Å². The topological polar surface area (TPSA) is 36.4 Å². The highest BCUT2D eigenvalue weighted by atomic mass is 127. The van der Waals surface area contributed by atoms with Crippen molar-refractivity contribution in [3.05, 3.63) is 50.0 Å². The van der Waals surface area contributed by atoms with Crippen molar-refractivity contribution in [2.45, 2.75) is 6.54 Å². The van der Waals surface area contributed by atoms with Crippen molar-refractivity contribution >= 4 is 39.8 Å². The van der Waals surface area contributed by atoms with E-state index in [1.54, 1.807) is 17.5 Å². The van der Waals surface area contributed by atoms with Crippen molar-refractivity contribution in [3.63, 3.8) is 0 Å². The Morgan fingerprint density at radius 1 is 1.33 bits per heavy atom. The predicted molar refractivity (Wildman–Crippen MR) is 92.5 cm³/mol. The van der Waals surface area contributed by atoms with Crippen molar-refractivity contribution < 1.29 is 4.79 Å². The summed E-state index contributed by atoms with van der Waals surface area (Å²) in [5.74, 6) is 0.162. The Morgan fingerprint density at radius 3 is 2.76 bits per heavy atom. The fourth-order valence-electron chi connectivity index (χ4n) is 2.46. The van der Waals surface area contributed by atoms with Crippen LogP contribution in [0.1, 0.15) is 15.9 Å². The average Bonchev–Trinajstić information content (AvgIpc) is 2.95. The third-order valence-electron chi connectivity index (χ3n) is 3.60. The van der Waals surface area contributed by atoms with Crippen molar-refractivity contribution in [1.29, 1.82) is 0 Å². The lowest BCUT2D eigenvalue weighted by Gasteiger charge is -2.34. The minimum Gasteiger partial charge on any atom is -0.336 e. The summed E-state index contributed by atoms with van der Waals surface area (Å²) < 4.78 is 1.16. The third kappa shape index (κ3) is 3.81. The Labute approximate surface area is 141 Å². The van der Waals surface area contributed by atoms with Crippen LogP contribution in [0.3, 0.4) is 0 Å². The Bertz CT molecular complexity index is 608. The zero-order valence-electron chi connectivity index (χ0n) is 11.5. The maximum atomic E-state index is 12.4. The van der Waals surface area contributed by atoms with Crippen LogP contribution in [0.25, 0.3) is 0 Å². The number of hydrogen-bond donors (Lipinski definition) is 0. The highest BCUT2D eigenvalue weighted by Crippen LogP contribution is 2.19. The maximum absolute atomic E-state index is 12.4. The van der Waals surface area contributed by atoms with E-state index in [-0.39, 0.29) is 5.91 Å². The van der Waals surface area contributed by atoms with Gasteiger partial charge in [-0.2, -0.15) is 0 Å². The van der Waals surface area contributed by atoms with Gasteiger partial charge in [0.05, 0.1) is 8.45 Å². The van der Waals surface area contributed by atoms with E-state index >= 15 is 0 Å². The fraction of sp³-hybridized carbons (Fsp3) is 0.333. The molecule has 0 radical (unpaired) electrons. The summed E-state index contributed by atoms with van der Waals surface area (Å²) >= 11 is 3.88.